The van der Waals surface area contributed by atoms with Gasteiger partial charge in [-0.05, 0) is 30.7 Å². The second-order valence-corrected chi connectivity index (χ2v) is 4.34. The number of hydroxylamine groups is 1. The van der Waals surface area contributed by atoms with E-state index in [1.807, 2.05) is 6.92 Å². The van der Waals surface area contributed by atoms with Crippen LogP contribution in [0.4, 0.5) is 0 Å². The van der Waals surface area contributed by atoms with E-state index in [1.165, 1.54) is 4.90 Å². The zero-order valence-electron chi connectivity index (χ0n) is 11.8. The van der Waals surface area contributed by atoms with Crippen LogP contribution < -0.4 is 10.2 Å². The van der Waals surface area contributed by atoms with E-state index in [0.717, 1.165) is 12.8 Å². The van der Waals surface area contributed by atoms with E-state index in [1.54, 1.807) is 36.9 Å². The number of benzene rings is 1. The van der Waals surface area contributed by atoms with E-state index < -0.39 is 5.91 Å². The largest absolute Gasteiger partial charge is 0.497 e. The van der Waals surface area contributed by atoms with Crippen LogP contribution >= 0.6 is 0 Å². The van der Waals surface area contributed by atoms with Gasteiger partial charge in [-0.15, -0.1) is 0 Å². The van der Waals surface area contributed by atoms with Gasteiger partial charge in [-0.3, -0.25) is 14.8 Å². The minimum atomic E-state index is -0.608. The Labute approximate surface area is 118 Å². The Hall–Kier alpha value is -2.08. The number of carbonyl (C=O) groups excluding carboxylic acids is 2. The Balaban J connectivity index is 2.81. The van der Waals surface area contributed by atoms with Crippen LogP contribution in [0.25, 0.3) is 0 Å². The lowest BCUT2D eigenvalue weighted by atomic mass is 10.1. The predicted octanol–water partition coefficient (Wildman–Crippen LogP) is 1.44. The third-order valence-electron chi connectivity index (χ3n) is 2.86. The lowest BCUT2D eigenvalue weighted by Gasteiger charge is -2.21. The van der Waals surface area contributed by atoms with Crippen LogP contribution in [0.5, 0.6) is 5.75 Å². The SMILES string of the molecule is CCCCN(CC(=O)NO)C(=O)c1ccc(OC)cc1. The van der Waals surface area contributed by atoms with Crippen molar-refractivity contribution >= 4 is 11.8 Å². The molecule has 0 saturated carbocycles. The van der Waals surface area contributed by atoms with Gasteiger partial charge in [0.15, 0.2) is 0 Å². The van der Waals surface area contributed by atoms with Gasteiger partial charge in [0.1, 0.15) is 12.3 Å². The molecule has 0 aromatic heterocycles. The minimum Gasteiger partial charge on any atom is -0.497 e. The van der Waals surface area contributed by atoms with Crippen LogP contribution in [0.1, 0.15) is 30.1 Å². The number of carbonyl (C=O) groups is 2. The summed E-state index contributed by atoms with van der Waals surface area (Å²) < 4.78 is 5.03. The zero-order chi connectivity index (χ0) is 15.0. The van der Waals surface area contributed by atoms with Crippen LogP contribution in [0.15, 0.2) is 24.3 Å². The predicted molar refractivity (Wildman–Crippen MR) is 73.7 cm³/mol. The number of hydrogen-bond acceptors (Lipinski definition) is 4. The lowest BCUT2D eigenvalue weighted by molar-refractivity contribution is -0.129. The third kappa shape index (κ3) is 4.55. The first kappa shape index (κ1) is 16.0. The van der Waals surface area contributed by atoms with Gasteiger partial charge in [0.25, 0.3) is 11.8 Å². The normalized spacial score (nSPS) is 9.95. The molecule has 0 heterocycles. The van der Waals surface area contributed by atoms with Gasteiger partial charge in [0.05, 0.1) is 7.11 Å². The molecule has 1 aromatic rings. The van der Waals surface area contributed by atoms with E-state index in [9.17, 15) is 9.59 Å². The molecule has 2 N–H and O–H groups in total. The fraction of sp³-hybridized carbons (Fsp3) is 0.429. The molecule has 0 aliphatic carbocycles. The maximum absolute atomic E-state index is 12.3. The Bertz CT molecular complexity index is 445. The van der Waals surface area contributed by atoms with Gasteiger partial charge in [-0.25, -0.2) is 5.48 Å². The van der Waals surface area contributed by atoms with E-state index in [-0.39, 0.29) is 12.5 Å². The molecule has 1 rings (SSSR count). The number of unbranched alkanes of at least 4 members (excludes halogenated alkanes) is 1. The summed E-state index contributed by atoms with van der Waals surface area (Å²) in [7, 11) is 1.55. The molecule has 0 unspecified atom stereocenters. The van der Waals surface area contributed by atoms with E-state index >= 15 is 0 Å². The summed E-state index contributed by atoms with van der Waals surface area (Å²) in [5, 5.41) is 8.58. The van der Waals surface area contributed by atoms with Gasteiger partial charge < -0.3 is 9.64 Å². The molecule has 0 saturated heterocycles. The standard InChI is InChI=1S/C14H20N2O4/c1-3-4-9-16(10-13(17)15-19)14(18)11-5-7-12(20-2)8-6-11/h5-8,19H,3-4,9-10H2,1-2H3,(H,15,17). The van der Waals surface area contributed by atoms with Crippen LogP contribution in [0.3, 0.4) is 0 Å². The maximum Gasteiger partial charge on any atom is 0.262 e. The van der Waals surface area contributed by atoms with Crippen LogP contribution in [-0.2, 0) is 4.79 Å². The number of rotatable bonds is 7. The highest BCUT2D eigenvalue weighted by atomic mass is 16.5. The summed E-state index contributed by atoms with van der Waals surface area (Å²) in [6, 6.07) is 6.68. The molecule has 110 valence electrons. The monoisotopic (exact) mass is 280 g/mol. The molecule has 0 atom stereocenters. The summed E-state index contributed by atoms with van der Waals surface area (Å²) in [6.45, 7) is 2.30. The average molecular weight is 280 g/mol. The first-order chi connectivity index (χ1) is 9.62. The van der Waals surface area contributed by atoms with Crippen LogP contribution in [0, 0.1) is 0 Å². The van der Waals surface area contributed by atoms with Crippen molar-refractivity contribution in [1.29, 1.82) is 0 Å². The molecule has 0 bridgehead atoms. The molecular weight excluding hydrogens is 260 g/mol. The number of nitrogens with one attached hydrogen (secondary N) is 1. The van der Waals surface area contributed by atoms with E-state index in [4.69, 9.17) is 9.94 Å². The second kappa shape index (κ2) is 8.16. The maximum atomic E-state index is 12.3. The Kier molecular flexibility index (Phi) is 6.52. The number of methoxy groups -OCH3 is 1. The molecule has 0 aliphatic heterocycles. The van der Waals surface area contributed by atoms with Crippen molar-refractivity contribution in [3.63, 3.8) is 0 Å². The second-order valence-electron chi connectivity index (χ2n) is 4.34. The highest BCUT2D eigenvalue weighted by molar-refractivity contribution is 5.96. The fourth-order valence-electron chi connectivity index (χ4n) is 1.73. The molecule has 0 radical (unpaired) electrons. The van der Waals surface area contributed by atoms with Crippen molar-refractivity contribution in [2.45, 2.75) is 19.8 Å². The third-order valence-corrected chi connectivity index (χ3v) is 2.86. The molecule has 20 heavy (non-hydrogen) atoms. The summed E-state index contributed by atoms with van der Waals surface area (Å²) in [4.78, 5) is 25.0. The smallest absolute Gasteiger partial charge is 0.262 e. The molecule has 0 spiro atoms. The number of nitrogens with zero attached hydrogens (tertiary/aromatic N) is 1. The van der Waals surface area contributed by atoms with Gasteiger partial charge >= 0.3 is 0 Å². The van der Waals surface area contributed by atoms with E-state index in [0.29, 0.717) is 17.9 Å². The van der Waals surface area contributed by atoms with Crippen LogP contribution in [0.2, 0.25) is 0 Å². The van der Waals surface area contributed by atoms with Gasteiger partial charge in [0, 0.05) is 12.1 Å². The Morgan fingerprint density at radius 3 is 2.45 bits per heavy atom. The molecule has 6 heteroatoms. The van der Waals surface area contributed by atoms with Gasteiger partial charge in [0.2, 0.25) is 0 Å². The van der Waals surface area contributed by atoms with Crippen molar-refractivity contribution in [2.24, 2.45) is 0 Å². The molecule has 2 amide bonds. The zero-order valence-corrected chi connectivity index (χ0v) is 11.8. The number of hydrogen-bond donors (Lipinski definition) is 2. The number of ether oxygens (including phenoxy) is 1. The molecular formula is C14H20N2O4. The molecule has 1 aromatic carbocycles. The van der Waals surface area contributed by atoms with Gasteiger partial charge in [-0.1, -0.05) is 13.3 Å². The van der Waals surface area contributed by atoms with Crippen molar-refractivity contribution in [1.82, 2.24) is 10.4 Å². The molecule has 0 aliphatic rings. The Morgan fingerprint density at radius 2 is 1.95 bits per heavy atom. The highest BCUT2D eigenvalue weighted by Gasteiger charge is 2.18. The highest BCUT2D eigenvalue weighted by Crippen LogP contribution is 2.13. The average Bonchev–Trinajstić information content (AvgIpc) is 2.50. The van der Waals surface area contributed by atoms with E-state index in [2.05, 4.69) is 0 Å². The first-order valence-corrected chi connectivity index (χ1v) is 6.48. The minimum absolute atomic E-state index is 0.165. The summed E-state index contributed by atoms with van der Waals surface area (Å²) in [5.74, 6) is -0.192. The van der Waals surface area contributed by atoms with Crippen molar-refractivity contribution < 1.29 is 19.5 Å². The Morgan fingerprint density at radius 1 is 1.30 bits per heavy atom. The topological polar surface area (TPSA) is 78.9 Å². The fourth-order valence-corrected chi connectivity index (χ4v) is 1.73. The molecule has 6 nitrogen and oxygen atoms in total. The van der Waals surface area contributed by atoms with Crippen molar-refractivity contribution in [3.8, 4) is 5.75 Å². The first-order valence-electron chi connectivity index (χ1n) is 6.48. The van der Waals surface area contributed by atoms with Crippen molar-refractivity contribution in [3.05, 3.63) is 29.8 Å². The lowest BCUT2D eigenvalue weighted by Crippen LogP contribution is -2.40. The molecule has 0 fully saturated rings. The van der Waals surface area contributed by atoms with Crippen molar-refractivity contribution in [2.75, 3.05) is 20.2 Å². The number of amides is 2. The van der Waals surface area contributed by atoms with Crippen LogP contribution in [-0.4, -0.2) is 42.1 Å². The quantitative estimate of drug-likeness (QED) is 0.585. The summed E-state index contributed by atoms with van der Waals surface area (Å²) in [6.07, 6.45) is 1.70. The summed E-state index contributed by atoms with van der Waals surface area (Å²) in [5.41, 5.74) is 2.02. The summed E-state index contributed by atoms with van der Waals surface area (Å²) >= 11 is 0. The van der Waals surface area contributed by atoms with Gasteiger partial charge in [-0.2, -0.15) is 0 Å².